The molecule has 0 aliphatic heterocycles. The third-order valence-electron chi connectivity index (χ3n) is 1.61. The number of aromatic nitrogens is 2. The minimum atomic E-state index is -0.273. The topological polar surface area (TPSA) is 98.1 Å². The maximum atomic E-state index is 9.02. The van der Waals surface area contributed by atoms with Crippen LogP contribution in [0.3, 0.4) is 0 Å². The Balaban J connectivity index is 3.54. The molecule has 94 valence electrons. The summed E-state index contributed by atoms with van der Waals surface area (Å²) in [7, 11) is -0.546. The molecule has 0 aromatic carbocycles. The minimum Gasteiger partial charge on any atom is -0.211 e. The molecular formula is C10H12N6S2. The van der Waals surface area contributed by atoms with Crippen molar-refractivity contribution in [1.29, 1.82) is 10.5 Å². The Morgan fingerprint density at radius 3 is 1.39 bits per heavy atom. The van der Waals surface area contributed by atoms with Crippen LogP contribution in [0, 0.1) is 22.7 Å². The van der Waals surface area contributed by atoms with E-state index in [1.54, 1.807) is 0 Å². The van der Waals surface area contributed by atoms with E-state index in [4.69, 9.17) is 10.5 Å². The molecule has 1 rings (SSSR count). The lowest BCUT2D eigenvalue weighted by molar-refractivity contribution is 1.11. The van der Waals surface area contributed by atoms with E-state index in [1.807, 2.05) is 37.2 Å². The molecular weight excluding hydrogens is 268 g/mol. The van der Waals surface area contributed by atoms with Crippen LogP contribution in [-0.2, 0) is 21.4 Å². The summed E-state index contributed by atoms with van der Waals surface area (Å²) in [6.45, 7) is 0. The quantitative estimate of drug-likeness (QED) is 0.821. The van der Waals surface area contributed by atoms with Crippen molar-refractivity contribution >= 4 is 33.0 Å². The minimum absolute atomic E-state index is 0.111. The third kappa shape index (κ3) is 3.69. The molecule has 18 heavy (non-hydrogen) atoms. The van der Waals surface area contributed by atoms with E-state index in [2.05, 4.69) is 18.7 Å². The fourth-order valence-corrected chi connectivity index (χ4v) is 1.99. The molecule has 0 aliphatic rings. The second kappa shape index (κ2) is 6.34. The van der Waals surface area contributed by atoms with Crippen LogP contribution in [0.4, 0.5) is 11.6 Å². The molecule has 0 spiro atoms. The van der Waals surface area contributed by atoms with Gasteiger partial charge in [-0.1, -0.05) is 21.4 Å². The number of nitriles is 2. The lowest BCUT2D eigenvalue weighted by Crippen LogP contribution is -1.95. The number of hydrogen-bond donors (Lipinski definition) is 0. The molecule has 0 amide bonds. The lowest BCUT2D eigenvalue weighted by Gasteiger charge is -2.02. The second-order valence-electron chi connectivity index (χ2n) is 3.52. The number of nitrogens with zero attached hydrogens (tertiary/aromatic N) is 6. The Hall–Kier alpha value is -1.64. The zero-order chi connectivity index (χ0) is 13.7. The molecule has 1 aromatic heterocycles. The van der Waals surface area contributed by atoms with Crippen molar-refractivity contribution < 1.29 is 0 Å². The molecule has 0 unspecified atom stereocenters. The van der Waals surface area contributed by atoms with E-state index in [0.29, 0.717) is 0 Å². The highest BCUT2D eigenvalue weighted by atomic mass is 32.2. The summed E-state index contributed by atoms with van der Waals surface area (Å²) in [6.07, 6.45) is 7.57. The average molecular weight is 280 g/mol. The van der Waals surface area contributed by atoms with Gasteiger partial charge in [0, 0.05) is 0 Å². The average Bonchev–Trinajstić information content (AvgIpc) is 2.29. The smallest absolute Gasteiger partial charge is 0.197 e. The maximum absolute atomic E-state index is 9.02. The Morgan fingerprint density at radius 2 is 1.17 bits per heavy atom. The summed E-state index contributed by atoms with van der Waals surface area (Å²) in [5, 5.41) is 18.0. The van der Waals surface area contributed by atoms with Crippen molar-refractivity contribution in [2.75, 3.05) is 25.0 Å². The standard InChI is InChI=1S/C10H12N6S2/c1-17(2)15-9-7(5-11)14-10(16-18(3)4)8(6-12)13-9/h1-4H3. The molecule has 0 fully saturated rings. The first-order valence-electron chi connectivity index (χ1n) is 4.79. The first-order valence-corrected chi connectivity index (χ1v) is 8.78. The van der Waals surface area contributed by atoms with Crippen molar-refractivity contribution in [2.45, 2.75) is 0 Å². The van der Waals surface area contributed by atoms with Gasteiger partial charge in [-0.2, -0.15) is 10.5 Å². The van der Waals surface area contributed by atoms with Gasteiger partial charge in [0.15, 0.2) is 23.0 Å². The Kier molecular flexibility index (Phi) is 5.08. The summed E-state index contributed by atoms with van der Waals surface area (Å²) in [5.74, 6) is 0.432. The van der Waals surface area contributed by atoms with Gasteiger partial charge in [0.1, 0.15) is 12.1 Å². The largest absolute Gasteiger partial charge is 0.211 e. The zero-order valence-electron chi connectivity index (χ0n) is 10.5. The molecule has 1 heterocycles. The molecule has 0 saturated heterocycles. The summed E-state index contributed by atoms with van der Waals surface area (Å²) in [5.41, 5.74) is 0.221. The first kappa shape index (κ1) is 14.4. The molecule has 6 nitrogen and oxygen atoms in total. The fourth-order valence-electron chi connectivity index (χ4n) is 1.04. The van der Waals surface area contributed by atoms with Crippen molar-refractivity contribution in [3.05, 3.63) is 11.4 Å². The van der Waals surface area contributed by atoms with Gasteiger partial charge in [0.2, 0.25) is 0 Å². The number of rotatable bonds is 2. The fraction of sp³-hybridized carbons (Fsp3) is 0.400. The van der Waals surface area contributed by atoms with Gasteiger partial charge in [-0.3, -0.25) is 0 Å². The van der Waals surface area contributed by atoms with Crippen molar-refractivity contribution in [2.24, 2.45) is 8.73 Å². The maximum Gasteiger partial charge on any atom is 0.197 e. The molecule has 1 aromatic rings. The Labute approximate surface area is 111 Å². The van der Waals surface area contributed by atoms with Gasteiger partial charge in [0.25, 0.3) is 0 Å². The van der Waals surface area contributed by atoms with Crippen LogP contribution >= 0.6 is 0 Å². The van der Waals surface area contributed by atoms with Crippen LogP contribution in [-0.4, -0.2) is 35.0 Å². The molecule has 0 bridgehead atoms. The van der Waals surface area contributed by atoms with Crippen LogP contribution in [0.2, 0.25) is 0 Å². The predicted octanol–water partition coefficient (Wildman–Crippen LogP) is 1.61. The van der Waals surface area contributed by atoms with Crippen LogP contribution in [0.15, 0.2) is 8.73 Å². The summed E-state index contributed by atoms with van der Waals surface area (Å²) >= 11 is 0. The van der Waals surface area contributed by atoms with Crippen LogP contribution in [0.25, 0.3) is 0 Å². The van der Waals surface area contributed by atoms with Crippen LogP contribution in [0.5, 0.6) is 0 Å². The van der Waals surface area contributed by atoms with Crippen molar-refractivity contribution in [3.63, 3.8) is 0 Å². The Morgan fingerprint density at radius 1 is 0.833 bits per heavy atom. The van der Waals surface area contributed by atoms with E-state index < -0.39 is 0 Å². The van der Waals surface area contributed by atoms with Gasteiger partial charge in [0.05, 0.1) is 0 Å². The molecule has 0 atom stereocenters. The first-order chi connectivity index (χ1) is 8.47. The van der Waals surface area contributed by atoms with Crippen LogP contribution in [0.1, 0.15) is 11.4 Å². The summed E-state index contributed by atoms with van der Waals surface area (Å²) in [4.78, 5) is 8.12. The second-order valence-corrected chi connectivity index (χ2v) is 6.98. The van der Waals surface area contributed by atoms with Gasteiger partial charge < -0.3 is 0 Å². The van der Waals surface area contributed by atoms with Gasteiger partial charge in [-0.05, 0) is 25.0 Å². The zero-order valence-corrected chi connectivity index (χ0v) is 12.1. The van der Waals surface area contributed by atoms with Gasteiger partial charge in [-0.25, -0.2) is 18.7 Å². The highest BCUT2D eigenvalue weighted by Gasteiger charge is 2.12. The van der Waals surface area contributed by atoms with E-state index in [1.165, 1.54) is 0 Å². The summed E-state index contributed by atoms with van der Waals surface area (Å²) < 4.78 is 8.40. The SMILES string of the molecule is CS(C)=Nc1nc(C#N)c(N=S(C)C)nc1C#N. The van der Waals surface area contributed by atoms with Crippen molar-refractivity contribution in [1.82, 2.24) is 9.97 Å². The Bertz CT molecular complexity index is 557. The normalized spacial score (nSPS) is 10.0. The highest BCUT2D eigenvalue weighted by Crippen LogP contribution is 2.22. The van der Waals surface area contributed by atoms with E-state index in [0.717, 1.165) is 0 Å². The molecule has 0 N–H and O–H groups in total. The molecule has 8 heteroatoms. The van der Waals surface area contributed by atoms with Gasteiger partial charge >= 0.3 is 0 Å². The van der Waals surface area contributed by atoms with E-state index >= 15 is 0 Å². The monoisotopic (exact) mass is 280 g/mol. The van der Waals surface area contributed by atoms with Gasteiger partial charge in [-0.15, -0.1) is 0 Å². The molecule has 0 saturated carbocycles. The van der Waals surface area contributed by atoms with Crippen LogP contribution < -0.4 is 0 Å². The van der Waals surface area contributed by atoms with E-state index in [9.17, 15) is 0 Å². The number of hydrogen-bond acceptors (Lipinski definition) is 6. The predicted molar refractivity (Wildman–Crippen MR) is 74.1 cm³/mol. The van der Waals surface area contributed by atoms with Crippen molar-refractivity contribution in [3.8, 4) is 12.1 Å². The lowest BCUT2D eigenvalue weighted by atomic mass is 10.4. The summed E-state index contributed by atoms with van der Waals surface area (Å²) in [6, 6.07) is 3.87. The molecule has 0 aliphatic carbocycles. The van der Waals surface area contributed by atoms with E-state index in [-0.39, 0.29) is 44.4 Å². The third-order valence-corrected chi connectivity index (χ3v) is 2.69. The molecule has 0 radical (unpaired) electrons. The highest BCUT2D eigenvalue weighted by molar-refractivity contribution is 7.86.